The highest BCUT2D eigenvalue weighted by Gasteiger charge is 2.32. The molecular weight excluding hydrogens is 624 g/mol. The van der Waals surface area contributed by atoms with E-state index in [1.54, 1.807) is 12.2 Å². The number of carbonyl (C=O) groups excluding carboxylic acids is 1. The van der Waals surface area contributed by atoms with Crippen LogP contribution in [0.5, 0.6) is 17.2 Å². The van der Waals surface area contributed by atoms with Gasteiger partial charge in [0.1, 0.15) is 23.0 Å². The van der Waals surface area contributed by atoms with Gasteiger partial charge in [-0.25, -0.2) is 4.42 Å². The highest BCUT2D eigenvalue weighted by atomic mass is 16.5. The Morgan fingerprint density at radius 2 is 1.40 bits per heavy atom. The van der Waals surface area contributed by atoms with Crippen LogP contribution in [-0.2, 0) is 10.2 Å². The maximum atomic E-state index is 13.7. The number of ether oxygens (including phenoxy) is 3. The summed E-state index contributed by atoms with van der Waals surface area (Å²) in [6, 6.07) is 13.5. The number of hydrogen-bond acceptors (Lipinski definition) is 5. The quantitative estimate of drug-likeness (QED) is 0.140. The van der Waals surface area contributed by atoms with Crippen LogP contribution in [-0.4, -0.2) is 19.0 Å². The van der Waals surface area contributed by atoms with Gasteiger partial charge in [0.2, 0.25) is 0 Å². The molecular formula is C44H54O6. The average Bonchev–Trinajstić information content (AvgIpc) is 3.08. The Hall–Kier alpha value is -4.32. The summed E-state index contributed by atoms with van der Waals surface area (Å²) in [6.45, 7) is 22.4. The van der Waals surface area contributed by atoms with Gasteiger partial charge in [-0.3, -0.25) is 4.79 Å². The average molecular weight is 679 g/mol. The van der Waals surface area contributed by atoms with Crippen molar-refractivity contribution in [3.05, 3.63) is 94.2 Å². The normalized spacial score (nSPS) is 16.6. The number of rotatable bonds is 12. The van der Waals surface area contributed by atoms with Crippen molar-refractivity contribution in [1.29, 1.82) is 0 Å². The molecule has 1 aliphatic carbocycles. The molecule has 0 N–H and O–H groups in total. The fourth-order valence-electron chi connectivity index (χ4n) is 6.03. The highest BCUT2D eigenvalue weighted by molar-refractivity contribution is 6.24. The van der Waals surface area contributed by atoms with E-state index in [2.05, 4.69) is 69.2 Å². The van der Waals surface area contributed by atoms with Gasteiger partial charge in [-0.1, -0.05) is 79.9 Å². The third-order valence-electron chi connectivity index (χ3n) is 9.88. The molecule has 2 aromatic carbocycles. The molecule has 1 aliphatic heterocycles. The lowest BCUT2D eigenvalue weighted by Crippen LogP contribution is -2.29. The van der Waals surface area contributed by atoms with E-state index in [0.29, 0.717) is 36.4 Å². The topological polar surface area (TPSA) is 79.1 Å². The number of carbonyl (C=O) groups is 1. The first kappa shape index (κ1) is 36.9. The molecule has 0 saturated heterocycles. The Kier molecular flexibility index (Phi) is 11.0. The van der Waals surface area contributed by atoms with E-state index in [9.17, 15) is 9.90 Å². The van der Waals surface area contributed by atoms with Crippen LogP contribution in [0.1, 0.15) is 112 Å². The third-order valence-corrected chi connectivity index (χ3v) is 9.88. The van der Waals surface area contributed by atoms with Gasteiger partial charge < -0.3 is 19.3 Å². The van der Waals surface area contributed by atoms with Crippen LogP contribution in [0, 0.1) is 17.3 Å². The third kappa shape index (κ3) is 8.01. The van der Waals surface area contributed by atoms with Gasteiger partial charge in [-0.15, -0.1) is 0 Å². The van der Waals surface area contributed by atoms with E-state index in [1.807, 2.05) is 48.5 Å². The van der Waals surface area contributed by atoms with Crippen molar-refractivity contribution >= 4 is 28.4 Å². The van der Waals surface area contributed by atoms with Crippen molar-refractivity contribution in [2.45, 2.75) is 100 Å². The van der Waals surface area contributed by atoms with Crippen molar-refractivity contribution in [3.63, 3.8) is 0 Å². The molecule has 5 rings (SSSR count). The van der Waals surface area contributed by atoms with Crippen LogP contribution in [0.2, 0.25) is 0 Å². The van der Waals surface area contributed by atoms with Gasteiger partial charge in [0.15, 0.2) is 5.78 Å². The Morgan fingerprint density at radius 3 is 1.96 bits per heavy atom. The number of allylic oxidation sites excluding steroid dienone is 6. The van der Waals surface area contributed by atoms with Crippen molar-refractivity contribution in [1.82, 2.24) is 0 Å². The summed E-state index contributed by atoms with van der Waals surface area (Å²) in [5.41, 5.74) is 2.72. The molecule has 2 aliphatic rings. The van der Waals surface area contributed by atoms with Crippen molar-refractivity contribution in [2.24, 2.45) is 17.3 Å². The molecule has 0 saturated carbocycles. The lowest BCUT2D eigenvalue weighted by atomic mass is 9.83. The van der Waals surface area contributed by atoms with E-state index in [1.165, 1.54) is 0 Å². The van der Waals surface area contributed by atoms with E-state index >= 15 is 0 Å². The summed E-state index contributed by atoms with van der Waals surface area (Å²) >= 11 is 0. The highest BCUT2D eigenvalue weighted by Crippen LogP contribution is 2.43. The molecule has 0 fully saturated rings. The summed E-state index contributed by atoms with van der Waals surface area (Å²) in [7, 11) is 0. The van der Waals surface area contributed by atoms with Crippen molar-refractivity contribution < 1.29 is 28.5 Å². The number of Topliss-reactive ketones (excluding diaryl/α,β-unsaturated/α-hetero) is 1. The Morgan fingerprint density at radius 1 is 0.800 bits per heavy atom. The van der Waals surface area contributed by atoms with Crippen LogP contribution in [0.25, 0.3) is 22.6 Å². The van der Waals surface area contributed by atoms with Gasteiger partial charge in [0.25, 0.3) is 0 Å². The predicted molar refractivity (Wildman–Crippen MR) is 201 cm³/mol. The Bertz CT molecular complexity index is 1870. The number of fused-ring (bicyclic) bond motifs is 2. The first-order valence-electron chi connectivity index (χ1n) is 18.3. The maximum Gasteiger partial charge on any atom is 0.364 e. The molecule has 0 radical (unpaired) electrons. The Labute approximate surface area is 298 Å². The second-order valence-corrected chi connectivity index (χ2v) is 15.7. The lowest BCUT2D eigenvalue weighted by Gasteiger charge is -2.31. The first-order valence-corrected chi connectivity index (χ1v) is 18.3. The van der Waals surface area contributed by atoms with E-state index < -0.39 is 0 Å². The molecule has 0 amide bonds. The molecule has 3 aromatic rings. The second-order valence-electron chi connectivity index (χ2n) is 15.7. The molecule has 2 heterocycles. The van der Waals surface area contributed by atoms with Crippen LogP contribution in [0.15, 0.2) is 81.7 Å². The fraction of sp³-hybridized carbons (Fsp3) is 0.455. The van der Waals surface area contributed by atoms with Gasteiger partial charge in [0, 0.05) is 39.8 Å². The van der Waals surface area contributed by atoms with Gasteiger partial charge in [-0.2, -0.15) is 0 Å². The number of benzene rings is 2. The van der Waals surface area contributed by atoms with Crippen LogP contribution >= 0.6 is 0 Å². The second kappa shape index (κ2) is 14.9. The molecule has 266 valence electrons. The zero-order valence-electron chi connectivity index (χ0n) is 31.6. The summed E-state index contributed by atoms with van der Waals surface area (Å²) in [5.74, 6) is 4.05. The molecule has 0 spiro atoms. The molecule has 6 nitrogen and oxygen atoms in total. The molecule has 0 bridgehead atoms. The molecule has 0 unspecified atom stereocenters. The first-order chi connectivity index (χ1) is 23.7. The van der Waals surface area contributed by atoms with Crippen molar-refractivity contribution in [3.8, 4) is 17.2 Å². The SMILES string of the molecule is CCC(CC)COc1ccc2c(c1)OC(C(C)(C)C)=CC2=CC1=C([O-])C(=Cc2cc(C(C)(C)C)[o+]c3cc(OCC(CC)CC)ccc23)C1=O. The Balaban J connectivity index is 1.52. The monoisotopic (exact) mass is 678 g/mol. The summed E-state index contributed by atoms with van der Waals surface area (Å²) < 4.78 is 25.0. The fourth-order valence-corrected chi connectivity index (χ4v) is 6.03. The summed E-state index contributed by atoms with van der Waals surface area (Å²) in [6.07, 6.45) is 9.58. The minimum atomic E-state index is -0.296. The van der Waals surface area contributed by atoms with Gasteiger partial charge in [0.05, 0.1) is 30.1 Å². The minimum Gasteiger partial charge on any atom is -0.871 e. The molecule has 1 aromatic heterocycles. The maximum absolute atomic E-state index is 13.7. The molecule has 50 heavy (non-hydrogen) atoms. The number of hydrogen-bond donors (Lipinski definition) is 0. The minimum absolute atomic E-state index is 0.163. The molecule has 6 heteroatoms. The summed E-state index contributed by atoms with van der Waals surface area (Å²) in [5, 5.41) is 14.5. The number of ketones is 1. The van der Waals surface area contributed by atoms with Crippen LogP contribution < -0.4 is 19.3 Å². The zero-order chi connectivity index (χ0) is 36.4. The largest absolute Gasteiger partial charge is 0.871 e. The van der Waals surface area contributed by atoms with Crippen molar-refractivity contribution in [2.75, 3.05) is 13.2 Å². The smallest absolute Gasteiger partial charge is 0.364 e. The molecule has 0 atom stereocenters. The van der Waals surface area contributed by atoms with Crippen LogP contribution in [0.3, 0.4) is 0 Å². The van der Waals surface area contributed by atoms with Gasteiger partial charge >= 0.3 is 11.3 Å². The van der Waals surface area contributed by atoms with Gasteiger partial charge in [-0.05, 0) is 80.7 Å². The predicted octanol–water partition coefficient (Wildman–Crippen LogP) is 10.6. The zero-order valence-corrected chi connectivity index (χ0v) is 31.6. The van der Waals surface area contributed by atoms with E-state index in [4.69, 9.17) is 18.6 Å². The van der Waals surface area contributed by atoms with E-state index in [-0.39, 0.29) is 33.5 Å². The summed E-state index contributed by atoms with van der Waals surface area (Å²) in [4.78, 5) is 13.7. The standard InChI is InChI=1S/C44H54O6/c1-11-27(12-2)25-47-31-15-17-33-29(21-39(43(5,6)7)49-37(33)23-31)19-35-41(45)36(42(35)46)20-30-22-40(44(8,9)10)50-38-24-32(16-18-34(30)38)48-26-28(13-3)14-4/h15-24,27-28H,11-14,25-26H2,1-10H3. The van der Waals surface area contributed by atoms with Crippen LogP contribution in [0.4, 0.5) is 0 Å². The lowest BCUT2D eigenvalue weighted by molar-refractivity contribution is -0.300. The van der Waals surface area contributed by atoms with E-state index in [0.717, 1.165) is 70.8 Å².